The Hall–Kier alpha value is -2.34. The molecule has 0 bridgehead atoms. The summed E-state index contributed by atoms with van der Waals surface area (Å²) in [6.45, 7) is 2.69. The molecule has 0 spiro atoms. The van der Waals surface area contributed by atoms with Gasteiger partial charge in [-0.3, -0.25) is 0 Å². The molecule has 2 aliphatic carbocycles. The SMILES string of the molecule is CCOC1Cc2ccccc2C1Nc1nc(OC)c(-c2ccc(Cl)cc2Cl)nc1C1CC1. The highest BCUT2D eigenvalue weighted by Gasteiger charge is 2.36. The van der Waals surface area contributed by atoms with E-state index in [1.807, 2.05) is 13.0 Å². The lowest BCUT2D eigenvalue weighted by Gasteiger charge is -2.24. The zero-order valence-electron chi connectivity index (χ0n) is 18.1. The van der Waals surface area contributed by atoms with Crippen LogP contribution in [0.4, 0.5) is 5.82 Å². The van der Waals surface area contributed by atoms with Crippen LogP contribution in [0.3, 0.4) is 0 Å². The molecule has 1 aromatic heterocycles. The lowest BCUT2D eigenvalue weighted by Crippen LogP contribution is -2.26. The molecule has 2 unspecified atom stereocenters. The maximum absolute atomic E-state index is 6.49. The van der Waals surface area contributed by atoms with Gasteiger partial charge in [0.25, 0.3) is 0 Å². The number of halogens is 2. The Morgan fingerprint density at radius 1 is 1.09 bits per heavy atom. The van der Waals surface area contributed by atoms with Crippen LogP contribution in [0.25, 0.3) is 11.3 Å². The predicted octanol–water partition coefficient (Wildman–Crippen LogP) is 6.45. The molecule has 3 aromatic rings. The smallest absolute Gasteiger partial charge is 0.242 e. The third-order valence-electron chi connectivity index (χ3n) is 6.09. The van der Waals surface area contributed by atoms with E-state index in [-0.39, 0.29) is 12.1 Å². The Kier molecular flexibility index (Phi) is 5.97. The number of nitrogens with zero attached hydrogens (tertiary/aromatic N) is 2. The van der Waals surface area contributed by atoms with Crippen molar-refractivity contribution >= 4 is 29.0 Å². The fourth-order valence-corrected chi connectivity index (χ4v) is 4.92. The van der Waals surface area contributed by atoms with Crippen LogP contribution in [0.1, 0.15) is 48.5 Å². The van der Waals surface area contributed by atoms with Crippen LogP contribution in [0, 0.1) is 0 Å². The largest absolute Gasteiger partial charge is 0.479 e. The van der Waals surface area contributed by atoms with Gasteiger partial charge in [-0.05, 0) is 49.1 Å². The molecule has 2 atom stereocenters. The molecule has 5 nitrogen and oxygen atoms in total. The van der Waals surface area contributed by atoms with Crippen molar-refractivity contribution in [3.8, 4) is 17.1 Å². The summed E-state index contributed by atoms with van der Waals surface area (Å²) in [4.78, 5) is 9.90. The first-order valence-corrected chi connectivity index (χ1v) is 11.7. The van der Waals surface area contributed by atoms with Gasteiger partial charge in [-0.1, -0.05) is 47.5 Å². The maximum atomic E-state index is 6.49. The number of ether oxygens (including phenoxy) is 2. The Balaban J connectivity index is 1.57. The van der Waals surface area contributed by atoms with Crippen molar-refractivity contribution in [3.05, 3.63) is 69.3 Å². The van der Waals surface area contributed by atoms with E-state index >= 15 is 0 Å². The van der Waals surface area contributed by atoms with Gasteiger partial charge in [-0.15, -0.1) is 0 Å². The molecular formula is C25H25Cl2N3O2. The highest BCUT2D eigenvalue weighted by atomic mass is 35.5. The number of hydrogen-bond donors (Lipinski definition) is 1. The summed E-state index contributed by atoms with van der Waals surface area (Å²) in [6.07, 6.45) is 3.12. The fraction of sp³-hybridized carbons (Fsp3) is 0.360. The zero-order chi connectivity index (χ0) is 22.2. The predicted molar refractivity (Wildman–Crippen MR) is 128 cm³/mol. The van der Waals surface area contributed by atoms with Crippen LogP contribution in [0.5, 0.6) is 5.88 Å². The van der Waals surface area contributed by atoms with Crippen molar-refractivity contribution < 1.29 is 9.47 Å². The lowest BCUT2D eigenvalue weighted by molar-refractivity contribution is 0.0573. The number of aromatic nitrogens is 2. The molecule has 32 heavy (non-hydrogen) atoms. The summed E-state index contributed by atoms with van der Waals surface area (Å²) in [5.41, 5.74) is 4.90. The van der Waals surface area contributed by atoms with Gasteiger partial charge in [0.1, 0.15) is 5.69 Å². The molecule has 1 fully saturated rings. The van der Waals surface area contributed by atoms with Gasteiger partial charge < -0.3 is 14.8 Å². The van der Waals surface area contributed by atoms with Crippen LogP contribution in [-0.2, 0) is 11.2 Å². The van der Waals surface area contributed by atoms with Crippen LogP contribution in [0.15, 0.2) is 42.5 Å². The molecule has 1 heterocycles. The topological polar surface area (TPSA) is 56.3 Å². The van der Waals surface area contributed by atoms with Gasteiger partial charge in [0.05, 0.1) is 30.0 Å². The second kappa shape index (κ2) is 8.89. The van der Waals surface area contributed by atoms with Crippen LogP contribution >= 0.6 is 23.2 Å². The van der Waals surface area contributed by atoms with Gasteiger partial charge >= 0.3 is 0 Å². The molecule has 0 saturated heterocycles. The Labute approximate surface area is 198 Å². The van der Waals surface area contributed by atoms with E-state index in [0.29, 0.717) is 34.1 Å². The molecule has 0 aliphatic heterocycles. The number of rotatable bonds is 7. The first-order valence-electron chi connectivity index (χ1n) is 11.0. The minimum atomic E-state index is 0.00706. The van der Waals surface area contributed by atoms with E-state index in [1.54, 1.807) is 19.2 Å². The van der Waals surface area contributed by atoms with Crippen molar-refractivity contribution in [3.63, 3.8) is 0 Å². The molecule has 5 rings (SSSR count). The second-order valence-electron chi connectivity index (χ2n) is 8.23. The summed E-state index contributed by atoms with van der Waals surface area (Å²) in [5, 5.41) is 4.77. The fourth-order valence-electron chi connectivity index (χ4n) is 4.43. The van der Waals surface area contributed by atoms with Gasteiger partial charge in [-0.25, -0.2) is 4.98 Å². The van der Waals surface area contributed by atoms with Crippen LogP contribution < -0.4 is 10.1 Å². The molecule has 0 amide bonds. The number of anilines is 1. The molecule has 2 aromatic carbocycles. The first-order chi connectivity index (χ1) is 15.6. The Morgan fingerprint density at radius 3 is 2.62 bits per heavy atom. The minimum Gasteiger partial charge on any atom is -0.479 e. The van der Waals surface area contributed by atoms with Crippen LogP contribution in [-0.4, -0.2) is 29.8 Å². The van der Waals surface area contributed by atoms with Crippen molar-refractivity contribution in [1.82, 2.24) is 9.97 Å². The van der Waals surface area contributed by atoms with E-state index in [9.17, 15) is 0 Å². The summed E-state index contributed by atoms with van der Waals surface area (Å²) in [6, 6.07) is 13.9. The highest BCUT2D eigenvalue weighted by Crippen LogP contribution is 2.46. The summed E-state index contributed by atoms with van der Waals surface area (Å²) < 4.78 is 11.7. The number of methoxy groups -OCH3 is 1. The maximum Gasteiger partial charge on any atom is 0.242 e. The monoisotopic (exact) mass is 469 g/mol. The first kappa shape index (κ1) is 21.5. The van der Waals surface area contributed by atoms with E-state index in [2.05, 4.69) is 29.6 Å². The number of hydrogen-bond acceptors (Lipinski definition) is 5. The molecule has 0 radical (unpaired) electrons. The molecular weight excluding hydrogens is 445 g/mol. The minimum absolute atomic E-state index is 0.00706. The number of benzene rings is 2. The number of nitrogens with one attached hydrogen (secondary N) is 1. The zero-order valence-corrected chi connectivity index (χ0v) is 19.6. The van der Waals surface area contributed by atoms with E-state index < -0.39 is 0 Å². The number of fused-ring (bicyclic) bond motifs is 1. The van der Waals surface area contributed by atoms with E-state index in [4.69, 9.17) is 42.6 Å². The average molecular weight is 470 g/mol. The quantitative estimate of drug-likeness (QED) is 0.430. The summed E-state index contributed by atoms with van der Waals surface area (Å²) in [7, 11) is 1.60. The van der Waals surface area contributed by atoms with Gasteiger partial charge in [-0.2, -0.15) is 4.98 Å². The average Bonchev–Trinajstić information content (AvgIpc) is 3.57. The second-order valence-corrected chi connectivity index (χ2v) is 9.08. The van der Waals surface area contributed by atoms with Crippen LogP contribution in [0.2, 0.25) is 10.0 Å². The van der Waals surface area contributed by atoms with Crippen molar-refractivity contribution in [2.75, 3.05) is 19.0 Å². The summed E-state index contributed by atoms with van der Waals surface area (Å²) >= 11 is 12.6. The molecule has 2 aliphatic rings. The molecule has 1 saturated carbocycles. The standard InChI is InChI=1S/C25H25Cl2N3O2/c1-3-32-20-12-15-6-4-5-7-17(15)22(20)29-24-21(14-8-9-14)28-23(25(30-24)31-2)18-11-10-16(26)13-19(18)27/h4-7,10-11,13-14,20,22H,3,8-9,12H2,1-2H3,(H,29,30). The van der Waals surface area contributed by atoms with E-state index in [1.165, 1.54) is 11.1 Å². The Bertz CT molecular complexity index is 1150. The Morgan fingerprint density at radius 2 is 1.91 bits per heavy atom. The third-order valence-corrected chi connectivity index (χ3v) is 6.64. The van der Waals surface area contributed by atoms with Gasteiger partial charge in [0, 0.05) is 29.5 Å². The van der Waals surface area contributed by atoms with Crippen molar-refractivity contribution in [2.45, 2.75) is 44.2 Å². The molecule has 166 valence electrons. The van der Waals surface area contributed by atoms with Gasteiger partial charge in [0.2, 0.25) is 5.88 Å². The van der Waals surface area contributed by atoms with Crippen molar-refractivity contribution in [2.24, 2.45) is 0 Å². The highest BCUT2D eigenvalue weighted by molar-refractivity contribution is 6.36. The summed E-state index contributed by atoms with van der Waals surface area (Å²) in [5.74, 6) is 1.56. The molecule has 7 heteroatoms. The van der Waals surface area contributed by atoms with E-state index in [0.717, 1.165) is 36.3 Å². The normalized spacial score (nSPS) is 19.6. The van der Waals surface area contributed by atoms with Crippen molar-refractivity contribution in [1.29, 1.82) is 0 Å². The molecule has 1 N–H and O–H groups in total. The van der Waals surface area contributed by atoms with Gasteiger partial charge in [0.15, 0.2) is 5.82 Å². The lowest BCUT2D eigenvalue weighted by atomic mass is 10.1. The third kappa shape index (κ3) is 4.05.